The van der Waals surface area contributed by atoms with Gasteiger partial charge in [0.1, 0.15) is 0 Å². The highest BCUT2D eigenvalue weighted by molar-refractivity contribution is 5.60. The third kappa shape index (κ3) is 4.44. The molecule has 0 aliphatic rings. The van der Waals surface area contributed by atoms with Crippen molar-refractivity contribution in [2.45, 2.75) is 13.8 Å². The van der Waals surface area contributed by atoms with Crippen molar-refractivity contribution in [3.05, 3.63) is 63.7 Å². The molecule has 0 atom stereocenters. The summed E-state index contributed by atoms with van der Waals surface area (Å²) in [5, 5.41) is 16.8. The van der Waals surface area contributed by atoms with Crippen LogP contribution in [0, 0.1) is 24.0 Å². The van der Waals surface area contributed by atoms with Crippen LogP contribution in [0.3, 0.4) is 0 Å². The van der Waals surface area contributed by atoms with Crippen LogP contribution in [-0.2, 0) is 0 Å². The summed E-state index contributed by atoms with van der Waals surface area (Å²) in [5.74, 6) is 6.14. The fourth-order valence-electron chi connectivity index (χ4n) is 2.30. The van der Waals surface area contributed by atoms with E-state index in [9.17, 15) is 10.1 Å². The topological polar surface area (TPSA) is 144 Å². The molecule has 10 nitrogen and oxygen atoms in total. The number of hydrogen-bond donors (Lipinski definition) is 4. The zero-order valence-corrected chi connectivity index (χ0v) is 14.7. The molecule has 0 bridgehead atoms. The van der Waals surface area contributed by atoms with Gasteiger partial charge in [0.05, 0.1) is 4.92 Å². The molecule has 0 saturated heterocycles. The number of nitro benzene ring substituents is 1. The average molecular weight is 366 g/mol. The van der Waals surface area contributed by atoms with Crippen LogP contribution < -0.4 is 21.9 Å². The normalized spacial score (nSPS) is 10.3. The predicted molar refractivity (Wildman–Crippen MR) is 103 cm³/mol. The molecule has 0 unspecified atom stereocenters. The van der Waals surface area contributed by atoms with E-state index in [-0.39, 0.29) is 17.6 Å². The fourth-order valence-corrected chi connectivity index (χ4v) is 2.30. The number of nitro groups is 1. The minimum Gasteiger partial charge on any atom is -0.324 e. The Morgan fingerprint density at radius 2 is 1.41 bits per heavy atom. The Morgan fingerprint density at radius 1 is 0.852 bits per heavy atom. The molecule has 1 heterocycles. The molecule has 0 fully saturated rings. The number of benzene rings is 2. The maximum Gasteiger partial charge on any atom is 0.269 e. The molecule has 0 aliphatic carbocycles. The van der Waals surface area contributed by atoms with Crippen LogP contribution in [0.2, 0.25) is 0 Å². The quantitative estimate of drug-likeness (QED) is 0.293. The highest BCUT2D eigenvalue weighted by atomic mass is 16.6. The second kappa shape index (κ2) is 7.62. The molecular weight excluding hydrogens is 348 g/mol. The Morgan fingerprint density at radius 3 is 1.96 bits per heavy atom. The summed E-state index contributed by atoms with van der Waals surface area (Å²) in [6, 6.07) is 11.8. The number of non-ortho nitro benzene ring substituents is 1. The van der Waals surface area contributed by atoms with Gasteiger partial charge in [-0.2, -0.15) is 15.0 Å². The van der Waals surface area contributed by atoms with Gasteiger partial charge in [-0.3, -0.25) is 15.5 Å². The second-order valence-electron chi connectivity index (χ2n) is 5.80. The zero-order valence-electron chi connectivity index (χ0n) is 14.7. The summed E-state index contributed by atoms with van der Waals surface area (Å²) < 4.78 is 0. The number of nitrogen functional groups attached to an aromatic ring is 1. The SMILES string of the molecule is Cc1ccc(Nc2nc(NN)nc(Nc3ccc([N+](=O)[O-])cc3)n2)cc1C. The summed E-state index contributed by atoms with van der Waals surface area (Å²) >= 11 is 0. The number of nitrogens with one attached hydrogen (secondary N) is 3. The number of anilines is 5. The molecule has 3 rings (SSSR count). The Balaban J connectivity index is 1.84. The molecule has 1 aromatic heterocycles. The molecule has 10 heteroatoms. The average Bonchev–Trinajstić information content (AvgIpc) is 2.65. The van der Waals surface area contributed by atoms with Gasteiger partial charge in [-0.25, -0.2) is 5.84 Å². The van der Waals surface area contributed by atoms with Crippen LogP contribution in [0.4, 0.5) is 34.9 Å². The van der Waals surface area contributed by atoms with Crippen LogP contribution in [-0.4, -0.2) is 19.9 Å². The third-order valence-corrected chi connectivity index (χ3v) is 3.86. The molecule has 138 valence electrons. The van der Waals surface area contributed by atoms with E-state index in [0.717, 1.165) is 11.3 Å². The van der Waals surface area contributed by atoms with Crippen molar-refractivity contribution in [1.29, 1.82) is 0 Å². The minimum absolute atomic E-state index is 0.00222. The molecule has 5 N–H and O–H groups in total. The third-order valence-electron chi connectivity index (χ3n) is 3.86. The van der Waals surface area contributed by atoms with Crippen LogP contribution >= 0.6 is 0 Å². The van der Waals surface area contributed by atoms with E-state index in [0.29, 0.717) is 11.6 Å². The van der Waals surface area contributed by atoms with Crippen molar-refractivity contribution in [3.8, 4) is 0 Å². The standard InChI is InChI=1S/C17H18N8O2/c1-10-3-4-13(9-11(10)2)20-16-21-15(22-17(23-16)24-18)19-12-5-7-14(8-6-12)25(26)27/h3-9H,18H2,1-2H3,(H3,19,20,21,22,23,24). The first-order chi connectivity index (χ1) is 12.9. The van der Waals surface area contributed by atoms with Crippen molar-refractivity contribution < 1.29 is 4.92 Å². The number of aromatic nitrogens is 3. The molecule has 2 aromatic carbocycles. The van der Waals surface area contributed by atoms with E-state index in [1.54, 1.807) is 12.1 Å². The number of aryl methyl sites for hydroxylation is 2. The highest BCUT2D eigenvalue weighted by Crippen LogP contribution is 2.21. The maximum atomic E-state index is 10.7. The largest absolute Gasteiger partial charge is 0.324 e. The molecule has 27 heavy (non-hydrogen) atoms. The lowest BCUT2D eigenvalue weighted by molar-refractivity contribution is -0.384. The minimum atomic E-state index is -0.464. The number of hydrazine groups is 1. The lowest BCUT2D eigenvalue weighted by Crippen LogP contribution is -2.13. The van der Waals surface area contributed by atoms with Gasteiger partial charge in [0.2, 0.25) is 17.8 Å². The maximum absolute atomic E-state index is 10.7. The summed E-state index contributed by atoms with van der Waals surface area (Å²) in [6.45, 7) is 4.05. The van der Waals surface area contributed by atoms with Crippen molar-refractivity contribution in [1.82, 2.24) is 15.0 Å². The van der Waals surface area contributed by atoms with Crippen molar-refractivity contribution >= 4 is 34.9 Å². The Hall–Kier alpha value is -3.79. The van der Waals surface area contributed by atoms with E-state index >= 15 is 0 Å². The predicted octanol–water partition coefficient (Wildman–Crippen LogP) is 3.17. The van der Waals surface area contributed by atoms with Crippen LogP contribution in [0.15, 0.2) is 42.5 Å². The smallest absolute Gasteiger partial charge is 0.269 e. The van der Waals surface area contributed by atoms with Gasteiger partial charge in [0.25, 0.3) is 5.69 Å². The number of nitrogens with two attached hydrogens (primary N) is 1. The van der Waals surface area contributed by atoms with Gasteiger partial charge < -0.3 is 10.6 Å². The van der Waals surface area contributed by atoms with E-state index in [4.69, 9.17) is 5.84 Å². The summed E-state index contributed by atoms with van der Waals surface area (Å²) in [4.78, 5) is 22.9. The van der Waals surface area contributed by atoms with Crippen LogP contribution in [0.5, 0.6) is 0 Å². The number of rotatable bonds is 6. The zero-order chi connectivity index (χ0) is 19.4. The number of hydrogen-bond acceptors (Lipinski definition) is 9. The van der Waals surface area contributed by atoms with E-state index in [2.05, 4.69) is 31.0 Å². The highest BCUT2D eigenvalue weighted by Gasteiger charge is 2.09. The van der Waals surface area contributed by atoms with Gasteiger partial charge in [-0.05, 0) is 49.2 Å². The van der Waals surface area contributed by atoms with E-state index < -0.39 is 4.92 Å². The molecule has 0 saturated carbocycles. The van der Waals surface area contributed by atoms with E-state index in [1.807, 2.05) is 32.0 Å². The summed E-state index contributed by atoms with van der Waals surface area (Å²) in [5.41, 5.74) is 6.12. The molecule has 0 amide bonds. The Labute approximate surface area is 155 Å². The lowest BCUT2D eigenvalue weighted by atomic mass is 10.1. The van der Waals surface area contributed by atoms with E-state index in [1.165, 1.54) is 17.7 Å². The molecular formula is C17H18N8O2. The fraction of sp³-hybridized carbons (Fsp3) is 0.118. The molecule has 0 aliphatic heterocycles. The first-order valence-corrected chi connectivity index (χ1v) is 8.03. The number of nitrogens with zero attached hydrogens (tertiary/aromatic N) is 4. The molecule has 3 aromatic rings. The van der Waals surface area contributed by atoms with Crippen molar-refractivity contribution in [2.24, 2.45) is 5.84 Å². The van der Waals surface area contributed by atoms with Gasteiger partial charge >= 0.3 is 0 Å². The van der Waals surface area contributed by atoms with Crippen molar-refractivity contribution in [2.75, 3.05) is 16.1 Å². The Kier molecular flexibility index (Phi) is 5.08. The molecule has 0 radical (unpaired) electrons. The van der Waals surface area contributed by atoms with Gasteiger partial charge in [-0.1, -0.05) is 6.07 Å². The van der Waals surface area contributed by atoms with Crippen LogP contribution in [0.1, 0.15) is 11.1 Å². The summed E-state index contributed by atoms with van der Waals surface area (Å²) in [6.07, 6.45) is 0. The van der Waals surface area contributed by atoms with Gasteiger partial charge in [-0.15, -0.1) is 0 Å². The lowest BCUT2D eigenvalue weighted by Gasteiger charge is -2.11. The molecule has 0 spiro atoms. The van der Waals surface area contributed by atoms with Crippen molar-refractivity contribution in [3.63, 3.8) is 0 Å². The van der Waals surface area contributed by atoms with Gasteiger partial charge in [0.15, 0.2) is 0 Å². The second-order valence-corrected chi connectivity index (χ2v) is 5.80. The monoisotopic (exact) mass is 366 g/mol. The Bertz CT molecular complexity index is 975. The summed E-state index contributed by atoms with van der Waals surface area (Å²) in [7, 11) is 0. The first kappa shape index (κ1) is 18.0. The van der Waals surface area contributed by atoms with Gasteiger partial charge in [0, 0.05) is 23.5 Å². The van der Waals surface area contributed by atoms with Crippen LogP contribution in [0.25, 0.3) is 0 Å². The first-order valence-electron chi connectivity index (χ1n) is 8.03.